The number of likely N-dealkylation sites (tertiary alicyclic amines) is 1. The highest BCUT2D eigenvalue weighted by Crippen LogP contribution is 2.60. The highest BCUT2D eigenvalue weighted by molar-refractivity contribution is 9.10. The monoisotopic (exact) mass is 433 g/mol. The normalized spacial score (nSPS) is 34.4. The zero-order valence-electron chi connectivity index (χ0n) is 14.9. The van der Waals surface area contributed by atoms with E-state index in [2.05, 4.69) is 26.1 Å². The Morgan fingerprint density at radius 2 is 2.11 bits per heavy atom. The van der Waals surface area contributed by atoms with E-state index in [1.54, 1.807) is 7.11 Å². The van der Waals surface area contributed by atoms with E-state index in [9.17, 15) is 14.4 Å². The lowest BCUT2D eigenvalue weighted by Gasteiger charge is -2.36. The van der Waals surface area contributed by atoms with Gasteiger partial charge in [0, 0.05) is 28.9 Å². The van der Waals surface area contributed by atoms with E-state index in [1.165, 1.54) is 4.90 Å². The van der Waals surface area contributed by atoms with E-state index in [0.717, 1.165) is 35.1 Å². The van der Waals surface area contributed by atoms with Crippen LogP contribution in [0, 0.1) is 11.8 Å². The number of rotatable bonds is 3. The van der Waals surface area contributed by atoms with Gasteiger partial charge in [0.15, 0.2) is 0 Å². The Morgan fingerprint density at radius 1 is 1.30 bits per heavy atom. The third-order valence-electron chi connectivity index (χ3n) is 6.56. The number of nitrogens with one attached hydrogen (secondary N) is 1. The van der Waals surface area contributed by atoms with Gasteiger partial charge in [0.1, 0.15) is 5.54 Å². The Kier molecular flexibility index (Phi) is 3.76. The molecule has 0 radical (unpaired) electrons. The smallest absolute Gasteiger partial charge is 0.250 e. The summed E-state index contributed by atoms with van der Waals surface area (Å²) >= 11 is 3.50. The molecule has 5 rings (SSSR count). The molecule has 0 saturated carbocycles. The van der Waals surface area contributed by atoms with Crippen LogP contribution >= 0.6 is 15.9 Å². The number of ether oxygens (including phenoxy) is 1. The van der Waals surface area contributed by atoms with Gasteiger partial charge in [-0.15, -0.1) is 0 Å². The first-order valence-corrected chi connectivity index (χ1v) is 10.0. The SMILES string of the molecule is COCCN1C(=O)[C@H]2[C@@H](C1=O)[C@]1(C(=O)Nc3ccc(Br)cc31)N1CCC[C@@H]21. The average molecular weight is 434 g/mol. The Morgan fingerprint density at radius 3 is 2.89 bits per heavy atom. The first-order valence-electron chi connectivity index (χ1n) is 9.24. The zero-order valence-corrected chi connectivity index (χ0v) is 16.5. The van der Waals surface area contributed by atoms with Crippen LogP contribution in [0.15, 0.2) is 22.7 Å². The molecule has 0 bridgehead atoms. The zero-order chi connectivity index (χ0) is 18.9. The van der Waals surface area contributed by atoms with Crippen molar-refractivity contribution in [2.75, 3.05) is 32.1 Å². The van der Waals surface area contributed by atoms with Gasteiger partial charge in [-0.25, -0.2) is 0 Å². The molecule has 3 saturated heterocycles. The maximum absolute atomic E-state index is 13.4. The fraction of sp³-hybridized carbons (Fsp3) is 0.526. The molecule has 1 aromatic rings. The first-order chi connectivity index (χ1) is 13.0. The Hall–Kier alpha value is -1.77. The molecule has 1 spiro atoms. The average Bonchev–Trinajstić information content (AvgIpc) is 3.33. The first kappa shape index (κ1) is 17.3. The minimum atomic E-state index is -1.10. The molecule has 4 aliphatic heterocycles. The number of carbonyl (C=O) groups is 3. The highest BCUT2D eigenvalue weighted by Gasteiger charge is 2.74. The van der Waals surface area contributed by atoms with Gasteiger partial charge in [-0.05, 0) is 37.6 Å². The van der Waals surface area contributed by atoms with Crippen molar-refractivity contribution in [2.24, 2.45) is 11.8 Å². The maximum Gasteiger partial charge on any atom is 0.250 e. The van der Waals surface area contributed by atoms with Crippen LogP contribution in [0.5, 0.6) is 0 Å². The van der Waals surface area contributed by atoms with Gasteiger partial charge in [0.25, 0.3) is 0 Å². The Labute approximate surface area is 165 Å². The molecule has 1 aromatic carbocycles. The number of halogens is 1. The fourth-order valence-corrected chi connectivity index (χ4v) is 6.00. The highest BCUT2D eigenvalue weighted by atomic mass is 79.9. The van der Waals surface area contributed by atoms with Crippen LogP contribution in [-0.4, -0.2) is 60.4 Å². The summed E-state index contributed by atoms with van der Waals surface area (Å²) < 4.78 is 5.93. The quantitative estimate of drug-likeness (QED) is 0.727. The molecule has 142 valence electrons. The van der Waals surface area contributed by atoms with Crippen molar-refractivity contribution in [1.29, 1.82) is 0 Å². The molecule has 3 amide bonds. The van der Waals surface area contributed by atoms with Crippen molar-refractivity contribution in [1.82, 2.24) is 9.80 Å². The Bertz CT molecular complexity index is 875. The van der Waals surface area contributed by atoms with Crippen molar-refractivity contribution in [3.8, 4) is 0 Å². The van der Waals surface area contributed by atoms with Crippen molar-refractivity contribution >= 4 is 39.3 Å². The van der Waals surface area contributed by atoms with Gasteiger partial charge < -0.3 is 10.1 Å². The molecular weight excluding hydrogens is 414 g/mol. The lowest BCUT2D eigenvalue weighted by molar-refractivity contribution is -0.146. The topological polar surface area (TPSA) is 78.9 Å². The molecule has 4 heterocycles. The van der Waals surface area contributed by atoms with Gasteiger partial charge in [0.05, 0.1) is 25.0 Å². The summed E-state index contributed by atoms with van der Waals surface area (Å²) in [6.07, 6.45) is 1.75. The van der Waals surface area contributed by atoms with E-state index < -0.39 is 17.4 Å². The van der Waals surface area contributed by atoms with Crippen molar-refractivity contribution in [2.45, 2.75) is 24.4 Å². The summed E-state index contributed by atoms with van der Waals surface area (Å²) in [7, 11) is 1.55. The van der Waals surface area contributed by atoms with E-state index >= 15 is 0 Å². The van der Waals surface area contributed by atoms with Crippen LogP contribution in [0.3, 0.4) is 0 Å². The molecule has 4 aliphatic rings. The van der Waals surface area contributed by atoms with Gasteiger partial charge in [-0.2, -0.15) is 0 Å². The van der Waals surface area contributed by atoms with Gasteiger partial charge >= 0.3 is 0 Å². The largest absolute Gasteiger partial charge is 0.383 e. The van der Waals surface area contributed by atoms with Crippen LogP contribution in [0.1, 0.15) is 18.4 Å². The maximum atomic E-state index is 13.4. The number of hydrogen-bond donors (Lipinski definition) is 1. The molecule has 7 nitrogen and oxygen atoms in total. The summed E-state index contributed by atoms with van der Waals surface area (Å²) in [5.41, 5.74) is 0.431. The van der Waals surface area contributed by atoms with E-state index in [4.69, 9.17) is 4.74 Å². The van der Waals surface area contributed by atoms with E-state index in [-0.39, 0.29) is 30.3 Å². The van der Waals surface area contributed by atoms with Gasteiger partial charge in [-0.1, -0.05) is 15.9 Å². The van der Waals surface area contributed by atoms with Gasteiger partial charge in [0.2, 0.25) is 17.7 Å². The minimum absolute atomic E-state index is 0.0744. The molecule has 0 aliphatic carbocycles. The number of methoxy groups -OCH3 is 1. The number of fused-ring (bicyclic) bond motifs is 7. The van der Waals surface area contributed by atoms with E-state index in [0.29, 0.717) is 6.61 Å². The van der Waals surface area contributed by atoms with Crippen LogP contribution < -0.4 is 5.32 Å². The second-order valence-corrected chi connectivity index (χ2v) is 8.55. The molecule has 27 heavy (non-hydrogen) atoms. The standard InChI is InChI=1S/C19H20BrN3O4/c1-27-8-7-22-16(24)14-13-3-2-6-23(13)19(15(14)17(22)25)11-9-10(20)4-5-12(11)21-18(19)26/h4-5,9,13-15H,2-3,6-8H2,1H3,(H,21,26)/t13-,14+,15-,19+/m0/s1. The number of carbonyl (C=O) groups excluding carboxylic acids is 3. The molecular formula is C19H20BrN3O4. The predicted octanol–water partition coefficient (Wildman–Crippen LogP) is 1.32. The number of anilines is 1. The molecule has 0 unspecified atom stereocenters. The second kappa shape index (κ2) is 5.86. The summed E-state index contributed by atoms with van der Waals surface area (Å²) in [6.45, 7) is 1.25. The second-order valence-electron chi connectivity index (χ2n) is 7.64. The summed E-state index contributed by atoms with van der Waals surface area (Å²) in [5, 5.41) is 2.97. The number of amides is 3. The summed E-state index contributed by atoms with van der Waals surface area (Å²) in [4.78, 5) is 43.3. The molecule has 8 heteroatoms. The number of nitrogens with zero attached hydrogens (tertiary/aromatic N) is 2. The summed E-state index contributed by atoms with van der Waals surface area (Å²) in [5.74, 6) is -1.74. The Balaban J connectivity index is 1.69. The lowest BCUT2D eigenvalue weighted by Crippen LogP contribution is -2.54. The molecule has 3 fully saturated rings. The fourth-order valence-electron chi connectivity index (χ4n) is 5.64. The van der Waals surface area contributed by atoms with Crippen molar-refractivity contribution < 1.29 is 19.1 Å². The van der Waals surface area contributed by atoms with Crippen LogP contribution in [0.25, 0.3) is 0 Å². The minimum Gasteiger partial charge on any atom is -0.383 e. The third-order valence-corrected chi connectivity index (χ3v) is 7.06. The van der Waals surface area contributed by atoms with Crippen LogP contribution in [-0.2, 0) is 24.7 Å². The number of benzene rings is 1. The number of imide groups is 1. The van der Waals surface area contributed by atoms with Crippen molar-refractivity contribution in [3.63, 3.8) is 0 Å². The van der Waals surface area contributed by atoms with Crippen molar-refractivity contribution in [3.05, 3.63) is 28.2 Å². The third kappa shape index (κ3) is 2.01. The molecule has 1 N–H and O–H groups in total. The van der Waals surface area contributed by atoms with Crippen LogP contribution in [0.4, 0.5) is 5.69 Å². The molecule has 4 atom stereocenters. The lowest BCUT2D eigenvalue weighted by atomic mass is 9.75. The predicted molar refractivity (Wildman–Crippen MR) is 99.8 cm³/mol. The number of hydrogen-bond acceptors (Lipinski definition) is 5. The van der Waals surface area contributed by atoms with Crippen LogP contribution in [0.2, 0.25) is 0 Å². The summed E-state index contributed by atoms with van der Waals surface area (Å²) in [6, 6.07) is 5.57. The molecule has 0 aromatic heterocycles. The van der Waals surface area contributed by atoms with Gasteiger partial charge in [-0.3, -0.25) is 24.2 Å². The van der Waals surface area contributed by atoms with E-state index in [1.807, 2.05) is 18.2 Å².